The van der Waals surface area contributed by atoms with E-state index in [1.165, 1.54) is 6.92 Å². The van der Waals surface area contributed by atoms with Crippen molar-refractivity contribution >= 4 is 11.8 Å². The smallest absolute Gasteiger partial charge is 0.224 e. The van der Waals surface area contributed by atoms with Crippen molar-refractivity contribution in [3.05, 3.63) is 24.3 Å². The van der Waals surface area contributed by atoms with Gasteiger partial charge in [-0.2, -0.15) is 0 Å². The van der Waals surface area contributed by atoms with Crippen molar-refractivity contribution in [2.24, 2.45) is 0 Å². The van der Waals surface area contributed by atoms with Gasteiger partial charge in [0.1, 0.15) is 6.61 Å². The standard InChI is InChI=1S/C16H22N2O4/c1-3-18(16(20)8-9-17-12(2)19)10-13-11-21-14-6-4-5-7-15(14)22-13/h4-7,13H,3,8-11H2,1-2H3,(H,17,19). The maximum atomic E-state index is 12.2. The number of likely N-dealkylation sites (N-methyl/N-ethyl adjacent to an activating group) is 1. The van der Waals surface area contributed by atoms with Crippen molar-refractivity contribution in [2.75, 3.05) is 26.2 Å². The van der Waals surface area contributed by atoms with Crippen LogP contribution >= 0.6 is 0 Å². The molecule has 0 saturated carbocycles. The summed E-state index contributed by atoms with van der Waals surface area (Å²) in [6.07, 6.45) is 0.108. The van der Waals surface area contributed by atoms with E-state index in [0.717, 1.165) is 5.75 Å². The molecule has 120 valence electrons. The van der Waals surface area contributed by atoms with Crippen LogP contribution in [0.25, 0.3) is 0 Å². The second-order valence-electron chi connectivity index (χ2n) is 5.16. The Kier molecular flexibility index (Phi) is 5.63. The van der Waals surface area contributed by atoms with Crippen LogP contribution in [-0.4, -0.2) is 49.1 Å². The Labute approximate surface area is 130 Å². The van der Waals surface area contributed by atoms with E-state index in [9.17, 15) is 9.59 Å². The number of amides is 2. The molecule has 0 saturated heterocycles. The lowest BCUT2D eigenvalue weighted by Gasteiger charge is -2.31. The molecule has 6 nitrogen and oxygen atoms in total. The third-order valence-electron chi connectivity index (χ3n) is 3.44. The topological polar surface area (TPSA) is 67.9 Å². The Bertz CT molecular complexity index is 533. The molecule has 6 heteroatoms. The second-order valence-corrected chi connectivity index (χ2v) is 5.16. The lowest BCUT2D eigenvalue weighted by Crippen LogP contribution is -2.44. The Balaban J connectivity index is 1.85. The molecule has 0 bridgehead atoms. The molecule has 1 aliphatic rings. The molecule has 1 heterocycles. The van der Waals surface area contributed by atoms with Gasteiger partial charge in [0.15, 0.2) is 17.6 Å². The minimum absolute atomic E-state index is 0.00120. The summed E-state index contributed by atoms with van der Waals surface area (Å²) >= 11 is 0. The first-order valence-electron chi connectivity index (χ1n) is 7.50. The molecule has 0 aliphatic carbocycles. The molecule has 0 aromatic heterocycles. The first-order chi connectivity index (χ1) is 10.6. The summed E-state index contributed by atoms with van der Waals surface area (Å²) in [7, 11) is 0. The Morgan fingerprint density at radius 3 is 2.73 bits per heavy atom. The molecule has 2 amide bonds. The van der Waals surface area contributed by atoms with Crippen molar-refractivity contribution < 1.29 is 19.1 Å². The number of hydrogen-bond acceptors (Lipinski definition) is 4. The minimum atomic E-state index is -0.181. The maximum absolute atomic E-state index is 12.2. The van der Waals surface area contributed by atoms with E-state index in [-0.39, 0.29) is 24.3 Å². The van der Waals surface area contributed by atoms with E-state index in [0.29, 0.717) is 32.0 Å². The summed E-state index contributed by atoms with van der Waals surface area (Å²) in [5.74, 6) is 1.31. The first-order valence-corrected chi connectivity index (χ1v) is 7.50. The van der Waals surface area contributed by atoms with Gasteiger partial charge in [0.05, 0.1) is 6.54 Å². The first kappa shape index (κ1) is 16.1. The molecule has 22 heavy (non-hydrogen) atoms. The summed E-state index contributed by atoms with van der Waals surface area (Å²) in [6.45, 7) is 5.22. The number of carbonyl (C=O) groups excluding carboxylic acids is 2. The highest BCUT2D eigenvalue weighted by Crippen LogP contribution is 2.30. The van der Waals surface area contributed by atoms with Crippen molar-refractivity contribution in [2.45, 2.75) is 26.4 Å². The minimum Gasteiger partial charge on any atom is -0.486 e. The zero-order chi connectivity index (χ0) is 15.9. The average Bonchev–Trinajstić information content (AvgIpc) is 2.52. The molecule has 2 rings (SSSR count). The summed E-state index contributed by atoms with van der Waals surface area (Å²) < 4.78 is 11.5. The van der Waals surface area contributed by atoms with Gasteiger partial charge >= 0.3 is 0 Å². The van der Waals surface area contributed by atoms with Gasteiger partial charge in [-0.15, -0.1) is 0 Å². The van der Waals surface area contributed by atoms with Crippen LogP contribution in [0.1, 0.15) is 20.3 Å². The lowest BCUT2D eigenvalue weighted by atomic mass is 10.2. The van der Waals surface area contributed by atoms with Crippen LogP contribution < -0.4 is 14.8 Å². The van der Waals surface area contributed by atoms with Crippen LogP contribution in [0.15, 0.2) is 24.3 Å². The maximum Gasteiger partial charge on any atom is 0.224 e. The van der Waals surface area contributed by atoms with Gasteiger partial charge in [-0.25, -0.2) is 0 Å². The second kappa shape index (κ2) is 7.68. The highest BCUT2D eigenvalue weighted by molar-refractivity contribution is 5.78. The van der Waals surface area contributed by atoms with Crippen molar-refractivity contribution in [1.82, 2.24) is 10.2 Å². The molecular formula is C16H22N2O4. The predicted octanol–water partition coefficient (Wildman–Crippen LogP) is 1.20. The fourth-order valence-corrected chi connectivity index (χ4v) is 2.31. The van der Waals surface area contributed by atoms with Crippen LogP contribution in [0.5, 0.6) is 11.5 Å². The zero-order valence-corrected chi connectivity index (χ0v) is 13.0. The number of rotatable bonds is 6. The van der Waals surface area contributed by atoms with Gasteiger partial charge < -0.3 is 19.7 Å². The summed E-state index contributed by atoms with van der Waals surface area (Å²) in [4.78, 5) is 24.7. The quantitative estimate of drug-likeness (QED) is 0.857. The van der Waals surface area contributed by atoms with Crippen molar-refractivity contribution in [3.63, 3.8) is 0 Å². The van der Waals surface area contributed by atoms with Gasteiger partial charge in [-0.3, -0.25) is 9.59 Å². The van der Waals surface area contributed by atoms with Crippen LogP contribution in [0.4, 0.5) is 0 Å². The molecule has 0 spiro atoms. The number of hydrogen-bond donors (Lipinski definition) is 1. The van der Waals surface area contributed by atoms with E-state index >= 15 is 0 Å². The van der Waals surface area contributed by atoms with Gasteiger partial charge in [-0.05, 0) is 19.1 Å². The SMILES string of the molecule is CCN(CC1COc2ccccc2O1)C(=O)CCNC(C)=O. The van der Waals surface area contributed by atoms with Crippen LogP contribution in [0, 0.1) is 0 Å². The number of fused-ring (bicyclic) bond motifs is 1. The summed E-state index contributed by atoms with van der Waals surface area (Å²) in [5.41, 5.74) is 0. The van der Waals surface area contributed by atoms with E-state index < -0.39 is 0 Å². The fraction of sp³-hybridized carbons (Fsp3) is 0.500. The fourth-order valence-electron chi connectivity index (χ4n) is 2.31. The molecule has 1 atom stereocenters. The van der Waals surface area contributed by atoms with Gasteiger partial charge in [0.25, 0.3) is 0 Å². The van der Waals surface area contributed by atoms with Crippen molar-refractivity contribution in [1.29, 1.82) is 0 Å². The molecule has 1 unspecified atom stereocenters. The molecular weight excluding hydrogens is 284 g/mol. The highest BCUT2D eigenvalue weighted by atomic mass is 16.6. The van der Waals surface area contributed by atoms with E-state index in [2.05, 4.69) is 5.32 Å². The van der Waals surface area contributed by atoms with Crippen molar-refractivity contribution in [3.8, 4) is 11.5 Å². The normalized spacial score (nSPS) is 16.0. The molecule has 1 N–H and O–H groups in total. The number of nitrogens with zero attached hydrogens (tertiary/aromatic N) is 1. The zero-order valence-electron chi connectivity index (χ0n) is 13.0. The molecule has 1 aromatic rings. The third kappa shape index (κ3) is 4.38. The van der Waals surface area contributed by atoms with Crippen LogP contribution in [0.2, 0.25) is 0 Å². The Morgan fingerprint density at radius 2 is 2.05 bits per heavy atom. The number of para-hydroxylation sites is 2. The van der Waals surface area contributed by atoms with Crippen LogP contribution in [-0.2, 0) is 9.59 Å². The Hall–Kier alpha value is -2.24. The summed E-state index contributed by atoms with van der Waals surface area (Å²) in [6, 6.07) is 7.51. The average molecular weight is 306 g/mol. The van der Waals surface area contributed by atoms with E-state index in [1.54, 1.807) is 4.90 Å². The van der Waals surface area contributed by atoms with E-state index in [4.69, 9.17) is 9.47 Å². The molecule has 1 aliphatic heterocycles. The number of nitrogens with one attached hydrogen (secondary N) is 1. The summed E-state index contributed by atoms with van der Waals surface area (Å²) in [5, 5.41) is 2.63. The highest BCUT2D eigenvalue weighted by Gasteiger charge is 2.24. The Morgan fingerprint density at radius 1 is 1.32 bits per heavy atom. The molecule has 0 fully saturated rings. The van der Waals surface area contributed by atoms with Gasteiger partial charge in [-0.1, -0.05) is 12.1 Å². The molecule has 1 aromatic carbocycles. The monoisotopic (exact) mass is 306 g/mol. The van der Waals surface area contributed by atoms with Gasteiger partial charge in [0, 0.05) is 26.4 Å². The predicted molar refractivity (Wildman–Crippen MR) is 81.9 cm³/mol. The number of carbonyl (C=O) groups is 2. The van der Waals surface area contributed by atoms with E-state index in [1.807, 2.05) is 31.2 Å². The van der Waals surface area contributed by atoms with Crippen LogP contribution in [0.3, 0.4) is 0 Å². The largest absolute Gasteiger partial charge is 0.486 e. The third-order valence-corrected chi connectivity index (χ3v) is 3.44. The molecule has 0 radical (unpaired) electrons. The van der Waals surface area contributed by atoms with Gasteiger partial charge in [0.2, 0.25) is 11.8 Å². The number of ether oxygens (including phenoxy) is 2. The number of benzene rings is 1. The lowest BCUT2D eigenvalue weighted by molar-refractivity contribution is -0.132.